The average molecular weight is 398 g/mol. The fraction of sp³-hybridized carbons (Fsp3) is 0.381. The lowest BCUT2D eigenvalue weighted by Gasteiger charge is -2.30. The molecule has 0 unspecified atom stereocenters. The van der Waals surface area contributed by atoms with Crippen molar-refractivity contribution in [3.8, 4) is 17.1 Å². The topological polar surface area (TPSA) is 68.5 Å². The highest BCUT2D eigenvalue weighted by atomic mass is 32.1. The summed E-state index contributed by atoms with van der Waals surface area (Å²) in [7, 11) is 1.62. The van der Waals surface area contributed by atoms with Crippen LogP contribution in [0, 0.1) is 13.8 Å². The second-order valence-corrected chi connectivity index (χ2v) is 8.30. The van der Waals surface area contributed by atoms with Crippen molar-refractivity contribution in [1.82, 2.24) is 15.0 Å². The van der Waals surface area contributed by atoms with E-state index in [0.717, 1.165) is 29.8 Å². The summed E-state index contributed by atoms with van der Waals surface area (Å²) in [5.74, 6) is 1.65. The zero-order valence-corrected chi connectivity index (χ0v) is 17.1. The Balaban J connectivity index is 1.42. The van der Waals surface area contributed by atoms with Gasteiger partial charge in [-0.05, 0) is 38.8 Å². The van der Waals surface area contributed by atoms with Gasteiger partial charge in [0.25, 0.3) is 5.91 Å². The monoisotopic (exact) mass is 397 g/mol. The summed E-state index contributed by atoms with van der Waals surface area (Å²) >= 11 is 1.78. The smallest absolute Gasteiger partial charge is 0.276 e. The number of hydrogen-bond acceptors (Lipinski definition) is 6. The molecule has 1 aliphatic rings. The maximum atomic E-state index is 12.8. The molecule has 0 bridgehead atoms. The minimum Gasteiger partial charge on any atom is -0.497 e. The van der Waals surface area contributed by atoms with Crippen LogP contribution < -0.4 is 4.74 Å². The lowest BCUT2D eigenvalue weighted by atomic mass is 9.97. The maximum Gasteiger partial charge on any atom is 0.276 e. The minimum absolute atomic E-state index is 0.0807. The largest absolute Gasteiger partial charge is 0.497 e. The summed E-state index contributed by atoms with van der Waals surface area (Å²) in [5.41, 5.74) is 2.29. The van der Waals surface area contributed by atoms with Crippen LogP contribution in [0.25, 0.3) is 11.3 Å². The third-order valence-corrected chi connectivity index (χ3v) is 6.50. The SMILES string of the molecule is COc1cccc(-c2cc(C(=O)N3CCC(c4nc(C)c(C)s4)CC3)no2)c1. The van der Waals surface area contributed by atoms with Gasteiger partial charge in [-0.2, -0.15) is 0 Å². The second kappa shape index (κ2) is 7.75. The molecule has 1 fully saturated rings. The summed E-state index contributed by atoms with van der Waals surface area (Å²) in [6, 6.07) is 9.21. The first kappa shape index (κ1) is 18.7. The zero-order valence-electron chi connectivity index (χ0n) is 16.3. The Labute approximate surface area is 168 Å². The predicted molar refractivity (Wildman–Crippen MR) is 108 cm³/mol. The number of aromatic nitrogens is 2. The van der Waals surface area contributed by atoms with E-state index in [0.29, 0.717) is 30.5 Å². The van der Waals surface area contributed by atoms with Gasteiger partial charge in [-0.15, -0.1) is 11.3 Å². The third-order valence-electron chi connectivity index (χ3n) is 5.26. The van der Waals surface area contributed by atoms with Gasteiger partial charge in [0.15, 0.2) is 11.5 Å². The molecule has 1 aromatic carbocycles. The Morgan fingerprint density at radius 1 is 1.25 bits per heavy atom. The van der Waals surface area contributed by atoms with Gasteiger partial charge in [-0.1, -0.05) is 17.3 Å². The summed E-state index contributed by atoms with van der Waals surface area (Å²) in [5, 5.41) is 5.20. The van der Waals surface area contributed by atoms with Crippen LogP contribution in [-0.4, -0.2) is 41.1 Å². The lowest BCUT2D eigenvalue weighted by molar-refractivity contribution is 0.0702. The Kier molecular flexibility index (Phi) is 5.17. The molecule has 7 heteroatoms. The van der Waals surface area contributed by atoms with E-state index in [1.165, 1.54) is 9.88 Å². The normalized spacial score (nSPS) is 15.0. The van der Waals surface area contributed by atoms with Gasteiger partial charge in [-0.3, -0.25) is 4.79 Å². The van der Waals surface area contributed by atoms with Crippen LogP contribution in [0.3, 0.4) is 0 Å². The van der Waals surface area contributed by atoms with Crippen LogP contribution in [0.2, 0.25) is 0 Å². The van der Waals surface area contributed by atoms with E-state index in [1.807, 2.05) is 29.2 Å². The van der Waals surface area contributed by atoms with Crippen molar-refractivity contribution < 1.29 is 14.1 Å². The van der Waals surface area contributed by atoms with Crippen LogP contribution in [0.4, 0.5) is 0 Å². The van der Waals surface area contributed by atoms with Crippen molar-refractivity contribution in [2.45, 2.75) is 32.6 Å². The molecule has 0 aliphatic carbocycles. The van der Waals surface area contributed by atoms with Gasteiger partial charge in [0, 0.05) is 35.5 Å². The number of aryl methyl sites for hydroxylation is 2. The van der Waals surface area contributed by atoms with Crippen molar-refractivity contribution in [1.29, 1.82) is 0 Å². The Hall–Kier alpha value is -2.67. The number of thiazole rings is 1. The Morgan fingerprint density at radius 3 is 2.71 bits per heavy atom. The van der Waals surface area contributed by atoms with Crippen LogP contribution in [-0.2, 0) is 0 Å². The standard InChI is InChI=1S/C21H23N3O3S/c1-13-14(2)28-20(22-13)15-7-9-24(10-8-15)21(25)18-12-19(27-23-18)16-5-4-6-17(11-16)26-3/h4-6,11-12,15H,7-10H2,1-3H3. The average Bonchev–Trinajstić information content (AvgIpc) is 3.35. The number of ether oxygens (including phenoxy) is 1. The molecule has 0 N–H and O–H groups in total. The molecule has 0 saturated carbocycles. The van der Waals surface area contributed by atoms with Gasteiger partial charge in [-0.25, -0.2) is 4.98 Å². The molecule has 0 atom stereocenters. The van der Waals surface area contributed by atoms with E-state index in [9.17, 15) is 4.79 Å². The highest BCUT2D eigenvalue weighted by Crippen LogP contribution is 2.33. The second-order valence-electron chi connectivity index (χ2n) is 7.07. The van der Waals surface area contributed by atoms with Crippen LogP contribution in [0.1, 0.15) is 44.8 Å². The summed E-state index contributed by atoms with van der Waals surface area (Å²) in [4.78, 5) is 20.7. The molecule has 3 aromatic rings. The van der Waals surface area contributed by atoms with Gasteiger partial charge in [0.1, 0.15) is 5.75 Å². The van der Waals surface area contributed by atoms with Crippen LogP contribution in [0.5, 0.6) is 5.75 Å². The van der Waals surface area contributed by atoms with E-state index < -0.39 is 0 Å². The van der Waals surface area contributed by atoms with E-state index in [-0.39, 0.29) is 5.91 Å². The lowest BCUT2D eigenvalue weighted by Crippen LogP contribution is -2.38. The molecule has 0 radical (unpaired) electrons. The molecule has 1 aliphatic heterocycles. The number of piperidine rings is 1. The van der Waals surface area contributed by atoms with Gasteiger partial charge < -0.3 is 14.2 Å². The minimum atomic E-state index is -0.0807. The molecule has 2 aromatic heterocycles. The van der Waals surface area contributed by atoms with Crippen molar-refractivity contribution in [3.05, 3.63) is 51.6 Å². The molecule has 3 heterocycles. The van der Waals surface area contributed by atoms with Gasteiger partial charge in [0.05, 0.1) is 17.8 Å². The number of nitrogens with zero attached hydrogens (tertiary/aromatic N) is 3. The van der Waals surface area contributed by atoms with Crippen molar-refractivity contribution in [3.63, 3.8) is 0 Å². The number of benzene rings is 1. The molecule has 6 nitrogen and oxygen atoms in total. The summed E-state index contributed by atoms with van der Waals surface area (Å²) in [6.07, 6.45) is 1.86. The summed E-state index contributed by atoms with van der Waals surface area (Å²) < 4.78 is 10.6. The van der Waals surface area contributed by atoms with Crippen molar-refractivity contribution in [2.75, 3.05) is 20.2 Å². The maximum absolute atomic E-state index is 12.8. The third kappa shape index (κ3) is 3.67. The van der Waals surface area contributed by atoms with Gasteiger partial charge in [0.2, 0.25) is 0 Å². The fourth-order valence-corrected chi connectivity index (χ4v) is 4.54. The fourth-order valence-electron chi connectivity index (χ4n) is 3.45. The molecule has 4 rings (SSSR count). The highest BCUT2D eigenvalue weighted by molar-refractivity contribution is 7.11. The van der Waals surface area contributed by atoms with Crippen molar-refractivity contribution in [2.24, 2.45) is 0 Å². The van der Waals surface area contributed by atoms with E-state index in [1.54, 1.807) is 24.5 Å². The van der Waals surface area contributed by atoms with Crippen LogP contribution in [0.15, 0.2) is 34.9 Å². The van der Waals surface area contributed by atoms with E-state index in [2.05, 4.69) is 19.0 Å². The first-order valence-electron chi connectivity index (χ1n) is 9.39. The number of amides is 1. The number of carbonyl (C=O) groups excluding carboxylic acids is 1. The molecule has 0 spiro atoms. The number of carbonyl (C=O) groups is 1. The molecule has 1 amide bonds. The Morgan fingerprint density at radius 2 is 2.04 bits per heavy atom. The van der Waals surface area contributed by atoms with E-state index in [4.69, 9.17) is 14.2 Å². The highest BCUT2D eigenvalue weighted by Gasteiger charge is 2.28. The van der Waals surface area contributed by atoms with Crippen molar-refractivity contribution >= 4 is 17.2 Å². The molecule has 28 heavy (non-hydrogen) atoms. The number of likely N-dealkylation sites (tertiary alicyclic amines) is 1. The zero-order chi connectivity index (χ0) is 19.7. The Bertz CT molecular complexity index is 967. The number of methoxy groups -OCH3 is 1. The molecular formula is C21H23N3O3S. The predicted octanol–water partition coefficient (Wildman–Crippen LogP) is 4.44. The molecule has 1 saturated heterocycles. The molecular weight excluding hydrogens is 374 g/mol. The van der Waals surface area contributed by atoms with Gasteiger partial charge >= 0.3 is 0 Å². The van der Waals surface area contributed by atoms with Crippen LogP contribution >= 0.6 is 11.3 Å². The number of hydrogen-bond donors (Lipinski definition) is 0. The van der Waals surface area contributed by atoms with E-state index >= 15 is 0 Å². The molecule has 146 valence electrons. The number of rotatable bonds is 4. The first-order valence-corrected chi connectivity index (χ1v) is 10.2. The first-order chi connectivity index (χ1) is 13.5. The summed E-state index contributed by atoms with van der Waals surface area (Å²) in [6.45, 7) is 5.59. The quantitative estimate of drug-likeness (QED) is 0.651.